The lowest BCUT2D eigenvalue weighted by Crippen LogP contribution is -2.40. The minimum absolute atomic E-state index is 0.0839. The van der Waals surface area contributed by atoms with Gasteiger partial charge in [-0.15, -0.1) is 0 Å². The first kappa shape index (κ1) is 16.4. The van der Waals surface area contributed by atoms with Crippen molar-refractivity contribution in [3.8, 4) is 5.75 Å². The van der Waals surface area contributed by atoms with Gasteiger partial charge < -0.3 is 15.2 Å². The number of non-ortho nitro benzene ring substituents is 1. The number of nitro groups is 1. The van der Waals surface area contributed by atoms with E-state index in [9.17, 15) is 19.7 Å². The number of nitro benzene ring substituents is 1. The number of ether oxygens (including phenoxy) is 1. The largest absolute Gasteiger partial charge is 0.480 e. The van der Waals surface area contributed by atoms with E-state index in [0.717, 1.165) is 12.1 Å². The van der Waals surface area contributed by atoms with Crippen molar-refractivity contribution in [1.82, 2.24) is 5.32 Å². The fourth-order valence-corrected chi connectivity index (χ4v) is 1.55. The second-order valence-electron chi connectivity index (χ2n) is 4.67. The highest BCUT2D eigenvalue weighted by molar-refractivity contribution is 5.92. The van der Waals surface area contributed by atoms with Crippen LogP contribution < -0.4 is 10.1 Å². The van der Waals surface area contributed by atoms with Crippen molar-refractivity contribution < 1.29 is 24.4 Å². The van der Waals surface area contributed by atoms with Crippen molar-refractivity contribution in [3.05, 3.63) is 33.9 Å². The van der Waals surface area contributed by atoms with Crippen LogP contribution in [0, 0.1) is 10.1 Å². The fraction of sp³-hybridized carbons (Fsp3) is 0.385. The molecule has 0 aliphatic rings. The highest BCUT2D eigenvalue weighted by Gasteiger charge is 2.21. The number of nitrogens with one attached hydrogen (secondary N) is 1. The van der Waals surface area contributed by atoms with Gasteiger partial charge in [0, 0.05) is 18.2 Å². The first-order valence-corrected chi connectivity index (χ1v) is 6.21. The standard InChI is InChI=1S/C13H16N2O6/c1-7(2)14-12(16)8(3)21-11-5-4-9(15(19)20)6-10(11)13(17)18/h4-8H,1-3H3,(H,14,16)(H,17,18). The molecule has 2 N–H and O–H groups in total. The van der Waals surface area contributed by atoms with Crippen LogP contribution in [-0.2, 0) is 4.79 Å². The Bertz CT molecular complexity index is 570. The molecular formula is C13H16N2O6. The third-order valence-electron chi connectivity index (χ3n) is 2.51. The van der Waals surface area contributed by atoms with Crippen LogP contribution in [0.4, 0.5) is 5.69 Å². The van der Waals surface area contributed by atoms with E-state index in [0.29, 0.717) is 0 Å². The number of nitrogens with zero attached hydrogens (tertiary/aromatic N) is 1. The second-order valence-corrected chi connectivity index (χ2v) is 4.67. The molecule has 0 aliphatic heterocycles. The minimum atomic E-state index is -1.37. The zero-order chi connectivity index (χ0) is 16.2. The van der Waals surface area contributed by atoms with Gasteiger partial charge in [0.2, 0.25) is 0 Å². The Hall–Kier alpha value is -2.64. The fourth-order valence-electron chi connectivity index (χ4n) is 1.55. The lowest BCUT2D eigenvalue weighted by Gasteiger charge is -2.17. The number of amides is 1. The molecule has 0 saturated carbocycles. The van der Waals surface area contributed by atoms with Crippen LogP contribution >= 0.6 is 0 Å². The van der Waals surface area contributed by atoms with E-state index < -0.39 is 22.9 Å². The summed E-state index contributed by atoms with van der Waals surface area (Å²) in [7, 11) is 0. The molecule has 1 aromatic rings. The van der Waals surface area contributed by atoms with Gasteiger partial charge in [-0.1, -0.05) is 0 Å². The van der Waals surface area contributed by atoms with E-state index >= 15 is 0 Å². The Morgan fingerprint density at radius 2 is 1.95 bits per heavy atom. The molecule has 1 rings (SSSR count). The SMILES string of the molecule is CC(C)NC(=O)C(C)Oc1ccc([N+](=O)[O-])cc1C(=O)O. The van der Waals surface area contributed by atoms with Crippen molar-refractivity contribution in [3.63, 3.8) is 0 Å². The lowest BCUT2D eigenvalue weighted by molar-refractivity contribution is -0.384. The molecule has 0 radical (unpaired) electrons. The number of rotatable bonds is 6. The molecule has 0 fully saturated rings. The van der Waals surface area contributed by atoms with E-state index in [2.05, 4.69) is 5.32 Å². The Morgan fingerprint density at radius 1 is 1.33 bits per heavy atom. The minimum Gasteiger partial charge on any atom is -0.480 e. The van der Waals surface area contributed by atoms with Gasteiger partial charge >= 0.3 is 5.97 Å². The number of carbonyl (C=O) groups is 2. The average molecular weight is 296 g/mol. The summed E-state index contributed by atoms with van der Waals surface area (Å²) in [4.78, 5) is 32.8. The highest BCUT2D eigenvalue weighted by Crippen LogP contribution is 2.25. The first-order valence-electron chi connectivity index (χ1n) is 6.21. The number of hydrogen-bond acceptors (Lipinski definition) is 5. The molecule has 0 saturated heterocycles. The summed E-state index contributed by atoms with van der Waals surface area (Å²) < 4.78 is 5.29. The molecule has 21 heavy (non-hydrogen) atoms. The second kappa shape index (κ2) is 6.69. The number of benzene rings is 1. The van der Waals surface area contributed by atoms with Crippen molar-refractivity contribution in [2.45, 2.75) is 32.9 Å². The van der Waals surface area contributed by atoms with Gasteiger partial charge in [0.05, 0.1) is 4.92 Å². The van der Waals surface area contributed by atoms with Crippen molar-refractivity contribution in [2.75, 3.05) is 0 Å². The zero-order valence-electron chi connectivity index (χ0n) is 11.8. The summed E-state index contributed by atoms with van der Waals surface area (Å²) in [5.41, 5.74) is -0.729. The van der Waals surface area contributed by atoms with Crippen LogP contribution in [0.25, 0.3) is 0 Å². The molecule has 0 aliphatic carbocycles. The van der Waals surface area contributed by atoms with Crippen LogP contribution in [0.2, 0.25) is 0 Å². The van der Waals surface area contributed by atoms with E-state index in [1.807, 2.05) is 0 Å². The maximum Gasteiger partial charge on any atom is 0.339 e. The van der Waals surface area contributed by atoms with Gasteiger partial charge in [0.15, 0.2) is 6.10 Å². The maximum absolute atomic E-state index is 11.7. The summed E-state index contributed by atoms with van der Waals surface area (Å²) in [6.45, 7) is 5.02. The predicted molar refractivity (Wildman–Crippen MR) is 73.4 cm³/mol. The van der Waals surface area contributed by atoms with Gasteiger partial charge in [-0.2, -0.15) is 0 Å². The third-order valence-corrected chi connectivity index (χ3v) is 2.51. The number of aromatic carboxylic acids is 1. The highest BCUT2D eigenvalue weighted by atomic mass is 16.6. The summed E-state index contributed by atoms with van der Waals surface area (Å²) in [6.07, 6.45) is -0.924. The molecule has 0 aromatic heterocycles. The summed E-state index contributed by atoms with van der Waals surface area (Å²) >= 11 is 0. The predicted octanol–water partition coefficient (Wildman–Crippen LogP) is 1.58. The molecule has 8 heteroatoms. The number of carboxylic acids is 1. The Balaban J connectivity index is 3.00. The average Bonchev–Trinajstić information content (AvgIpc) is 2.37. The van der Waals surface area contributed by atoms with E-state index in [-0.39, 0.29) is 23.0 Å². The normalized spacial score (nSPS) is 11.8. The lowest BCUT2D eigenvalue weighted by atomic mass is 10.1. The smallest absolute Gasteiger partial charge is 0.339 e. The summed E-state index contributed by atoms with van der Waals surface area (Å²) in [6, 6.07) is 3.10. The maximum atomic E-state index is 11.7. The molecule has 1 aromatic carbocycles. The van der Waals surface area contributed by atoms with Crippen LogP contribution in [0.3, 0.4) is 0 Å². The molecule has 0 bridgehead atoms. The number of carbonyl (C=O) groups excluding carboxylic acids is 1. The molecular weight excluding hydrogens is 280 g/mol. The van der Waals surface area contributed by atoms with Gasteiger partial charge in [-0.3, -0.25) is 14.9 Å². The van der Waals surface area contributed by atoms with Gasteiger partial charge in [0.1, 0.15) is 11.3 Å². The topological polar surface area (TPSA) is 119 Å². The number of hydrogen-bond donors (Lipinski definition) is 2. The Labute approximate surface area is 120 Å². The summed E-state index contributed by atoms with van der Waals surface area (Å²) in [5.74, 6) is -1.87. The third kappa shape index (κ3) is 4.44. The van der Waals surface area contributed by atoms with E-state index in [4.69, 9.17) is 9.84 Å². The molecule has 0 spiro atoms. The molecule has 1 amide bonds. The van der Waals surface area contributed by atoms with E-state index in [1.165, 1.54) is 13.0 Å². The van der Waals surface area contributed by atoms with Gasteiger partial charge in [-0.25, -0.2) is 4.79 Å². The molecule has 1 atom stereocenters. The molecule has 8 nitrogen and oxygen atoms in total. The van der Waals surface area contributed by atoms with E-state index in [1.54, 1.807) is 13.8 Å². The van der Waals surface area contributed by atoms with Crippen LogP contribution in [-0.4, -0.2) is 34.1 Å². The van der Waals surface area contributed by atoms with Crippen LogP contribution in [0.15, 0.2) is 18.2 Å². The molecule has 114 valence electrons. The first-order chi connectivity index (χ1) is 9.72. The Morgan fingerprint density at radius 3 is 2.43 bits per heavy atom. The molecule has 0 heterocycles. The summed E-state index contributed by atoms with van der Waals surface area (Å²) in [5, 5.41) is 22.3. The quantitative estimate of drug-likeness (QED) is 0.607. The Kier molecular flexibility index (Phi) is 5.23. The van der Waals surface area contributed by atoms with Gasteiger partial charge in [-0.05, 0) is 26.8 Å². The van der Waals surface area contributed by atoms with Crippen LogP contribution in [0.1, 0.15) is 31.1 Å². The van der Waals surface area contributed by atoms with Crippen molar-refractivity contribution >= 4 is 17.6 Å². The van der Waals surface area contributed by atoms with Crippen molar-refractivity contribution in [2.24, 2.45) is 0 Å². The van der Waals surface area contributed by atoms with Crippen LogP contribution in [0.5, 0.6) is 5.75 Å². The van der Waals surface area contributed by atoms with Gasteiger partial charge in [0.25, 0.3) is 11.6 Å². The molecule has 1 unspecified atom stereocenters. The monoisotopic (exact) mass is 296 g/mol. The number of carboxylic acid groups (broad SMARTS) is 1. The zero-order valence-corrected chi connectivity index (χ0v) is 11.8. The van der Waals surface area contributed by atoms with Crippen molar-refractivity contribution in [1.29, 1.82) is 0 Å².